The van der Waals surface area contributed by atoms with Gasteiger partial charge in [-0.3, -0.25) is 4.98 Å². The third-order valence-electron chi connectivity index (χ3n) is 3.16. The van der Waals surface area contributed by atoms with E-state index in [1.807, 2.05) is 13.0 Å². The highest BCUT2D eigenvalue weighted by molar-refractivity contribution is 5.38. The van der Waals surface area contributed by atoms with E-state index < -0.39 is 5.67 Å². The number of hydrogen-bond acceptors (Lipinski definition) is 3. The van der Waals surface area contributed by atoms with E-state index in [0.717, 1.165) is 6.42 Å². The van der Waals surface area contributed by atoms with Gasteiger partial charge in [0.05, 0.1) is 12.8 Å². The summed E-state index contributed by atoms with van der Waals surface area (Å²) in [5, 5.41) is 0. The molecule has 0 aliphatic carbocycles. The molecule has 2 rings (SSSR count). The van der Waals surface area contributed by atoms with Crippen LogP contribution in [0.15, 0.2) is 48.8 Å². The lowest BCUT2D eigenvalue weighted by Gasteiger charge is -2.24. The van der Waals surface area contributed by atoms with Crippen LogP contribution in [0.2, 0.25) is 0 Å². The SMILES string of the molecule is CCCOc1cncc(C(F)(CN)c2ccccc2)c1. The fraction of sp³-hybridized carbons (Fsp3) is 0.312. The first-order valence-corrected chi connectivity index (χ1v) is 6.73. The van der Waals surface area contributed by atoms with Crippen LogP contribution >= 0.6 is 0 Å². The molecule has 1 aromatic carbocycles. The van der Waals surface area contributed by atoms with E-state index >= 15 is 4.39 Å². The summed E-state index contributed by atoms with van der Waals surface area (Å²) in [6.07, 6.45) is 3.97. The number of nitrogens with two attached hydrogens (primary N) is 1. The van der Waals surface area contributed by atoms with E-state index in [-0.39, 0.29) is 6.54 Å². The first kappa shape index (κ1) is 14.5. The van der Waals surface area contributed by atoms with Gasteiger partial charge in [0.25, 0.3) is 0 Å². The maximum atomic E-state index is 15.3. The Hall–Kier alpha value is -1.94. The van der Waals surface area contributed by atoms with Crippen molar-refractivity contribution in [1.82, 2.24) is 4.98 Å². The molecule has 0 radical (unpaired) electrons. The van der Waals surface area contributed by atoms with Crippen LogP contribution in [0, 0.1) is 0 Å². The Balaban J connectivity index is 2.36. The standard InChI is InChI=1S/C16H19FN2O/c1-2-8-20-15-9-14(10-19-11-15)16(17,12-18)13-6-4-3-5-7-13/h3-7,9-11H,2,8,12,18H2,1H3. The molecule has 1 aromatic heterocycles. The van der Waals surface area contributed by atoms with Crippen LogP contribution in [0.5, 0.6) is 5.75 Å². The molecule has 2 N–H and O–H groups in total. The number of halogens is 1. The Bertz CT molecular complexity index is 547. The number of pyridine rings is 1. The largest absolute Gasteiger partial charge is 0.492 e. The molecular formula is C16H19FN2O. The second kappa shape index (κ2) is 6.48. The fourth-order valence-corrected chi connectivity index (χ4v) is 2.04. The third-order valence-corrected chi connectivity index (χ3v) is 3.16. The molecule has 0 spiro atoms. The van der Waals surface area contributed by atoms with Crippen molar-refractivity contribution in [2.45, 2.75) is 19.0 Å². The molecule has 0 aliphatic rings. The summed E-state index contributed by atoms with van der Waals surface area (Å²) < 4.78 is 20.8. The number of hydrogen-bond donors (Lipinski definition) is 1. The zero-order chi connectivity index (χ0) is 14.4. The highest BCUT2D eigenvalue weighted by atomic mass is 19.1. The number of rotatable bonds is 6. The molecule has 0 fully saturated rings. The average Bonchev–Trinajstić information content (AvgIpc) is 2.53. The predicted octanol–water partition coefficient (Wildman–Crippen LogP) is 3.04. The van der Waals surface area contributed by atoms with Crippen molar-refractivity contribution in [3.05, 3.63) is 59.9 Å². The minimum atomic E-state index is -1.75. The topological polar surface area (TPSA) is 48.1 Å². The van der Waals surface area contributed by atoms with Crippen LogP contribution in [-0.4, -0.2) is 18.1 Å². The molecule has 2 aromatic rings. The molecule has 1 heterocycles. The van der Waals surface area contributed by atoms with Crippen molar-refractivity contribution in [2.24, 2.45) is 5.73 Å². The van der Waals surface area contributed by atoms with Crippen molar-refractivity contribution in [1.29, 1.82) is 0 Å². The van der Waals surface area contributed by atoms with Crippen LogP contribution < -0.4 is 10.5 Å². The van der Waals surface area contributed by atoms with Crippen molar-refractivity contribution in [3.63, 3.8) is 0 Å². The molecule has 0 saturated heterocycles. The van der Waals surface area contributed by atoms with Gasteiger partial charge in [-0.25, -0.2) is 4.39 Å². The molecule has 106 valence electrons. The molecule has 20 heavy (non-hydrogen) atoms. The van der Waals surface area contributed by atoms with Crippen molar-refractivity contribution >= 4 is 0 Å². The molecule has 0 bridgehead atoms. The van der Waals surface area contributed by atoms with E-state index in [4.69, 9.17) is 10.5 Å². The summed E-state index contributed by atoms with van der Waals surface area (Å²) in [4.78, 5) is 4.06. The van der Waals surface area contributed by atoms with Crippen LogP contribution in [0.3, 0.4) is 0 Å². The van der Waals surface area contributed by atoms with Crippen LogP contribution in [0.1, 0.15) is 24.5 Å². The monoisotopic (exact) mass is 274 g/mol. The minimum absolute atomic E-state index is 0.143. The highest BCUT2D eigenvalue weighted by Crippen LogP contribution is 2.33. The summed E-state index contributed by atoms with van der Waals surface area (Å²) in [6, 6.07) is 10.6. The Morgan fingerprint density at radius 3 is 2.60 bits per heavy atom. The Morgan fingerprint density at radius 1 is 1.20 bits per heavy atom. The van der Waals surface area contributed by atoms with Crippen LogP contribution in [0.25, 0.3) is 0 Å². The number of ether oxygens (including phenoxy) is 1. The van der Waals surface area contributed by atoms with Gasteiger partial charge >= 0.3 is 0 Å². The summed E-state index contributed by atoms with van der Waals surface area (Å²) in [5.41, 5.74) is 4.87. The van der Waals surface area contributed by atoms with Gasteiger partial charge in [0.15, 0.2) is 5.67 Å². The van der Waals surface area contributed by atoms with Gasteiger partial charge in [0.1, 0.15) is 5.75 Å². The summed E-state index contributed by atoms with van der Waals surface area (Å²) >= 11 is 0. The first-order chi connectivity index (χ1) is 9.70. The van der Waals surface area contributed by atoms with Gasteiger partial charge in [-0.2, -0.15) is 0 Å². The maximum absolute atomic E-state index is 15.3. The lowest BCUT2D eigenvalue weighted by Crippen LogP contribution is -2.31. The van der Waals surface area contributed by atoms with Gasteiger partial charge in [-0.1, -0.05) is 37.3 Å². The van der Waals surface area contributed by atoms with Gasteiger partial charge in [-0.05, 0) is 18.1 Å². The summed E-state index contributed by atoms with van der Waals surface area (Å²) in [7, 11) is 0. The Kier molecular flexibility index (Phi) is 4.69. The molecule has 3 nitrogen and oxygen atoms in total. The zero-order valence-electron chi connectivity index (χ0n) is 11.6. The van der Waals surface area contributed by atoms with E-state index in [1.165, 1.54) is 6.20 Å². The lowest BCUT2D eigenvalue weighted by atomic mass is 9.89. The first-order valence-electron chi connectivity index (χ1n) is 6.73. The predicted molar refractivity (Wildman–Crippen MR) is 77.4 cm³/mol. The summed E-state index contributed by atoms with van der Waals surface area (Å²) in [5.74, 6) is 0.566. The normalized spacial score (nSPS) is 13.8. The molecule has 0 amide bonds. The molecule has 4 heteroatoms. The number of aromatic nitrogens is 1. The van der Waals surface area contributed by atoms with E-state index in [2.05, 4.69) is 4.98 Å². The van der Waals surface area contributed by atoms with E-state index in [0.29, 0.717) is 23.5 Å². The molecule has 0 saturated carbocycles. The maximum Gasteiger partial charge on any atom is 0.174 e. The summed E-state index contributed by atoms with van der Waals surface area (Å²) in [6.45, 7) is 2.45. The van der Waals surface area contributed by atoms with Crippen molar-refractivity contribution < 1.29 is 9.13 Å². The average molecular weight is 274 g/mol. The van der Waals surface area contributed by atoms with E-state index in [9.17, 15) is 0 Å². The van der Waals surface area contributed by atoms with Crippen LogP contribution in [-0.2, 0) is 5.67 Å². The second-order valence-corrected chi connectivity index (χ2v) is 4.63. The van der Waals surface area contributed by atoms with Gasteiger partial charge in [0, 0.05) is 18.3 Å². The Labute approximate surface area is 118 Å². The van der Waals surface area contributed by atoms with Crippen molar-refractivity contribution in [3.8, 4) is 5.75 Å². The quantitative estimate of drug-likeness (QED) is 0.880. The van der Waals surface area contributed by atoms with Crippen LogP contribution in [0.4, 0.5) is 4.39 Å². The number of nitrogens with zero attached hydrogens (tertiary/aromatic N) is 1. The second-order valence-electron chi connectivity index (χ2n) is 4.63. The van der Waals surface area contributed by atoms with Gasteiger partial charge < -0.3 is 10.5 Å². The number of alkyl halides is 1. The highest BCUT2D eigenvalue weighted by Gasteiger charge is 2.33. The minimum Gasteiger partial charge on any atom is -0.492 e. The Morgan fingerprint density at radius 2 is 1.95 bits per heavy atom. The molecule has 1 unspecified atom stereocenters. The van der Waals surface area contributed by atoms with Gasteiger partial charge in [0.2, 0.25) is 0 Å². The fourth-order valence-electron chi connectivity index (χ4n) is 2.04. The molecule has 0 aliphatic heterocycles. The van der Waals surface area contributed by atoms with Crippen molar-refractivity contribution in [2.75, 3.05) is 13.2 Å². The smallest absolute Gasteiger partial charge is 0.174 e. The third kappa shape index (κ3) is 2.96. The van der Waals surface area contributed by atoms with Gasteiger partial charge in [-0.15, -0.1) is 0 Å². The molecule has 1 atom stereocenters. The molecular weight excluding hydrogens is 255 g/mol. The lowest BCUT2D eigenvalue weighted by molar-refractivity contribution is 0.230. The van der Waals surface area contributed by atoms with E-state index in [1.54, 1.807) is 36.5 Å². The number of benzene rings is 1. The zero-order valence-corrected chi connectivity index (χ0v) is 11.6.